The number of amides is 1. The fraction of sp³-hybridized carbons (Fsp3) is 0.714. The van der Waals surface area contributed by atoms with Gasteiger partial charge in [0.15, 0.2) is 5.84 Å². The Balaban J connectivity index is 4.23. The van der Waals surface area contributed by atoms with E-state index in [1.807, 2.05) is 5.43 Å². The molecule has 0 spiro atoms. The van der Waals surface area contributed by atoms with E-state index in [1.165, 1.54) is 0 Å². The zero-order chi connectivity index (χ0) is 12.3. The second-order valence-corrected chi connectivity index (χ2v) is 5.89. The van der Waals surface area contributed by atoms with Crippen molar-refractivity contribution >= 4 is 46.7 Å². The number of alkyl halides is 3. The summed E-state index contributed by atoms with van der Waals surface area (Å²) < 4.78 is 3.01. The summed E-state index contributed by atoms with van der Waals surface area (Å²) in [4.78, 5) is 11.1. The summed E-state index contributed by atoms with van der Waals surface area (Å²) >= 11 is 16.1. The van der Waals surface area contributed by atoms with Crippen molar-refractivity contribution in [3.05, 3.63) is 0 Å². The molecule has 15 heavy (non-hydrogen) atoms. The average Bonchev–Trinajstić information content (AvgIpc) is 1.94. The van der Waals surface area contributed by atoms with Gasteiger partial charge >= 0.3 is 6.09 Å². The Bertz CT molecular complexity index is 268. The van der Waals surface area contributed by atoms with Crippen LogP contribution in [0, 0.1) is 0 Å². The van der Waals surface area contributed by atoms with Crippen LogP contribution in [0.4, 0.5) is 4.79 Å². The number of hydrogen-bond donors (Lipinski definition) is 2. The highest BCUT2D eigenvalue weighted by atomic mass is 35.6. The third-order valence-corrected chi connectivity index (χ3v) is 1.54. The third-order valence-electron chi connectivity index (χ3n) is 0.957. The molecular formula is C7H12Cl3N3O2. The largest absolute Gasteiger partial charge is 0.443 e. The van der Waals surface area contributed by atoms with Gasteiger partial charge in [-0.05, 0) is 20.8 Å². The van der Waals surface area contributed by atoms with Crippen LogP contribution in [0.5, 0.6) is 0 Å². The molecule has 88 valence electrons. The Morgan fingerprint density at radius 1 is 1.33 bits per heavy atom. The maximum Gasteiger partial charge on any atom is 0.428 e. The van der Waals surface area contributed by atoms with Gasteiger partial charge in [0.25, 0.3) is 0 Å². The van der Waals surface area contributed by atoms with E-state index in [2.05, 4.69) is 5.10 Å². The van der Waals surface area contributed by atoms with Crippen LogP contribution >= 0.6 is 34.8 Å². The highest BCUT2D eigenvalue weighted by Crippen LogP contribution is 2.25. The number of nitrogens with zero attached hydrogens (tertiary/aromatic N) is 1. The molecule has 0 radical (unpaired) electrons. The lowest BCUT2D eigenvalue weighted by Gasteiger charge is -2.18. The van der Waals surface area contributed by atoms with Gasteiger partial charge in [0.05, 0.1) is 0 Å². The molecule has 0 aromatic rings. The van der Waals surface area contributed by atoms with Crippen LogP contribution in [0.25, 0.3) is 0 Å². The van der Waals surface area contributed by atoms with Gasteiger partial charge in [-0.1, -0.05) is 34.8 Å². The predicted molar refractivity (Wildman–Crippen MR) is 61.3 cm³/mol. The quantitative estimate of drug-likeness (QED) is 0.333. The predicted octanol–water partition coefficient (Wildman–Crippen LogP) is 2.15. The lowest BCUT2D eigenvalue weighted by atomic mass is 10.2. The van der Waals surface area contributed by atoms with E-state index in [9.17, 15) is 4.79 Å². The summed E-state index contributed by atoms with van der Waals surface area (Å²) in [6.45, 7) is 5.11. The molecule has 1 amide bonds. The minimum absolute atomic E-state index is 0.349. The molecule has 0 saturated carbocycles. The fourth-order valence-electron chi connectivity index (χ4n) is 0.470. The maximum absolute atomic E-state index is 11.1. The Hall–Kier alpha value is -0.390. The first kappa shape index (κ1) is 14.6. The van der Waals surface area contributed by atoms with E-state index in [1.54, 1.807) is 20.8 Å². The Labute approximate surface area is 103 Å². The van der Waals surface area contributed by atoms with Crippen LogP contribution in [0.2, 0.25) is 0 Å². The molecule has 0 fully saturated rings. The minimum atomic E-state index is -1.85. The summed E-state index contributed by atoms with van der Waals surface area (Å²) in [5.74, 6) is -0.349. The average molecular weight is 277 g/mol. The van der Waals surface area contributed by atoms with Gasteiger partial charge in [0, 0.05) is 0 Å². The SMILES string of the molecule is CC(C)(C)OC(=O)NN=C(N)C(Cl)(Cl)Cl. The van der Waals surface area contributed by atoms with Crippen molar-refractivity contribution in [2.75, 3.05) is 0 Å². The molecule has 0 bridgehead atoms. The van der Waals surface area contributed by atoms with Crippen molar-refractivity contribution < 1.29 is 9.53 Å². The minimum Gasteiger partial charge on any atom is -0.443 e. The van der Waals surface area contributed by atoms with Crippen molar-refractivity contribution in [1.29, 1.82) is 0 Å². The number of amidine groups is 1. The maximum atomic E-state index is 11.1. The molecule has 0 aromatic heterocycles. The highest BCUT2D eigenvalue weighted by Gasteiger charge is 2.26. The van der Waals surface area contributed by atoms with E-state index in [0.29, 0.717) is 0 Å². The second kappa shape index (κ2) is 5.09. The van der Waals surface area contributed by atoms with Gasteiger partial charge in [-0.25, -0.2) is 10.2 Å². The van der Waals surface area contributed by atoms with Crippen LogP contribution in [0.3, 0.4) is 0 Å². The van der Waals surface area contributed by atoms with Crippen LogP contribution in [0.15, 0.2) is 5.10 Å². The summed E-state index contributed by atoms with van der Waals surface area (Å²) in [6.07, 6.45) is -0.778. The molecule has 0 aliphatic carbocycles. The van der Waals surface area contributed by atoms with Crippen molar-refractivity contribution in [2.45, 2.75) is 30.2 Å². The van der Waals surface area contributed by atoms with Crippen molar-refractivity contribution in [3.8, 4) is 0 Å². The molecule has 3 N–H and O–H groups in total. The van der Waals surface area contributed by atoms with E-state index >= 15 is 0 Å². The number of halogens is 3. The lowest BCUT2D eigenvalue weighted by Crippen LogP contribution is -2.35. The van der Waals surface area contributed by atoms with E-state index in [-0.39, 0.29) is 5.84 Å². The Morgan fingerprint density at radius 2 is 1.80 bits per heavy atom. The number of carbonyl (C=O) groups is 1. The van der Waals surface area contributed by atoms with E-state index in [0.717, 1.165) is 0 Å². The number of nitrogens with two attached hydrogens (primary N) is 1. The van der Waals surface area contributed by atoms with Gasteiger partial charge in [-0.2, -0.15) is 5.10 Å². The van der Waals surface area contributed by atoms with E-state index in [4.69, 9.17) is 45.3 Å². The Morgan fingerprint density at radius 3 is 2.13 bits per heavy atom. The van der Waals surface area contributed by atoms with Gasteiger partial charge in [0.1, 0.15) is 5.60 Å². The number of hydrazone groups is 1. The molecule has 0 heterocycles. The molecule has 0 aliphatic heterocycles. The van der Waals surface area contributed by atoms with E-state index < -0.39 is 15.5 Å². The number of rotatable bonds is 1. The van der Waals surface area contributed by atoms with Crippen LogP contribution < -0.4 is 11.2 Å². The van der Waals surface area contributed by atoms with Gasteiger partial charge in [0.2, 0.25) is 3.79 Å². The normalized spacial score (nSPS) is 13.6. The molecule has 5 nitrogen and oxygen atoms in total. The molecule has 0 unspecified atom stereocenters. The summed E-state index contributed by atoms with van der Waals surface area (Å²) in [6, 6.07) is 0. The van der Waals surface area contributed by atoms with Crippen LogP contribution in [-0.2, 0) is 4.74 Å². The molecule has 8 heteroatoms. The van der Waals surface area contributed by atoms with Crippen molar-refractivity contribution in [1.82, 2.24) is 5.43 Å². The summed E-state index contributed by atoms with van der Waals surface area (Å²) in [7, 11) is 0. The fourth-order valence-corrected chi connectivity index (χ4v) is 0.597. The second-order valence-electron chi connectivity index (χ2n) is 3.61. The monoisotopic (exact) mass is 275 g/mol. The molecule has 0 atom stereocenters. The summed E-state index contributed by atoms with van der Waals surface area (Å²) in [5.41, 5.74) is 6.61. The first-order valence-electron chi connectivity index (χ1n) is 3.92. The first-order valence-corrected chi connectivity index (χ1v) is 5.05. The zero-order valence-electron chi connectivity index (χ0n) is 8.47. The van der Waals surface area contributed by atoms with Gasteiger partial charge in [-0.3, -0.25) is 0 Å². The smallest absolute Gasteiger partial charge is 0.428 e. The van der Waals surface area contributed by atoms with Gasteiger partial charge < -0.3 is 10.5 Å². The third kappa shape index (κ3) is 7.53. The molecule has 0 aliphatic rings. The standard InChI is InChI=1S/C7H12Cl3N3O2/c1-6(2,3)15-5(14)13-12-4(11)7(8,9)10/h1-3H3,(H2,11,12)(H,13,14). The van der Waals surface area contributed by atoms with Crippen molar-refractivity contribution in [2.24, 2.45) is 10.8 Å². The first-order chi connectivity index (χ1) is 6.52. The number of carbonyl (C=O) groups excluding carboxylic acids is 1. The molecular weight excluding hydrogens is 264 g/mol. The lowest BCUT2D eigenvalue weighted by molar-refractivity contribution is 0.0529. The Kier molecular flexibility index (Phi) is 4.96. The van der Waals surface area contributed by atoms with Crippen LogP contribution in [-0.4, -0.2) is 21.3 Å². The topological polar surface area (TPSA) is 76.7 Å². The van der Waals surface area contributed by atoms with Gasteiger partial charge in [-0.15, -0.1) is 0 Å². The summed E-state index contributed by atoms with van der Waals surface area (Å²) in [5, 5.41) is 3.35. The molecule has 0 saturated heterocycles. The van der Waals surface area contributed by atoms with Crippen LogP contribution in [0.1, 0.15) is 20.8 Å². The number of nitrogens with one attached hydrogen (secondary N) is 1. The molecule has 0 rings (SSSR count). The molecule has 0 aromatic carbocycles. The number of ether oxygens (including phenoxy) is 1. The highest BCUT2D eigenvalue weighted by molar-refractivity contribution is 6.76. The number of hydrogen-bond acceptors (Lipinski definition) is 3. The zero-order valence-corrected chi connectivity index (χ0v) is 10.7. The van der Waals surface area contributed by atoms with Crippen molar-refractivity contribution in [3.63, 3.8) is 0 Å².